The van der Waals surface area contributed by atoms with Crippen molar-refractivity contribution in [2.45, 2.75) is 39.5 Å². The van der Waals surface area contributed by atoms with Gasteiger partial charge in [0.25, 0.3) is 5.91 Å². The minimum atomic E-state index is 0.0442. The lowest BCUT2D eigenvalue weighted by Crippen LogP contribution is -2.33. The Kier molecular flexibility index (Phi) is 5.32. The van der Waals surface area contributed by atoms with Gasteiger partial charge in [0.05, 0.1) is 0 Å². The number of rotatable bonds is 4. The van der Waals surface area contributed by atoms with Crippen LogP contribution in [0.15, 0.2) is 12.4 Å². The Morgan fingerprint density at radius 1 is 1.15 bits per heavy atom. The molecule has 2 heterocycles. The van der Waals surface area contributed by atoms with Crippen molar-refractivity contribution < 1.29 is 4.79 Å². The molecule has 20 heavy (non-hydrogen) atoms. The topological polar surface area (TPSA) is 49.3 Å². The molecule has 1 aliphatic heterocycles. The van der Waals surface area contributed by atoms with E-state index in [0.29, 0.717) is 5.69 Å². The summed E-state index contributed by atoms with van der Waals surface area (Å²) in [5, 5.41) is 0. The summed E-state index contributed by atoms with van der Waals surface area (Å²) in [6.07, 6.45) is 6.13. The minimum absolute atomic E-state index is 0.0442. The third-order valence-corrected chi connectivity index (χ3v) is 3.85. The first-order valence-corrected chi connectivity index (χ1v) is 7.62. The first-order chi connectivity index (χ1) is 9.76. The molecule has 0 bridgehead atoms. The monoisotopic (exact) mass is 276 g/mol. The Balaban J connectivity index is 2.14. The second kappa shape index (κ2) is 7.22. The van der Waals surface area contributed by atoms with Crippen LogP contribution in [0.4, 0.5) is 5.82 Å². The predicted molar refractivity (Wildman–Crippen MR) is 80.0 cm³/mol. The van der Waals surface area contributed by atoms with E-state index in [2.05, 4.69) is 28.7 Å². The molecule has 5 heteroatoms. The van der Waals surface area contributed by atoms with Crippen molar-refractivity contribution in [1.29, 1.82) is 0 Å². The van der Waals surface area contributed by atoms with E-state index in [9.17, 15) is 4.79 Å². The molecular formula is C15H24N4O. The summed E-state index contributed by atoms with van der Waals surface area (Å²) in [4.78, 5) is 25.0. The van der Waals surface area contributed by atoms with Gasteiger partial charge in [0.15, 0.2) is 0 Å². The molecule has 1 saturated heterocycles. The van der Waals surface area contributed by atoms with Gasteiger partial charge in [0, 0.05) is 32.2 Å². The fourth-order valence-corrected chi connectivity index (χ4v) is 2.62. The average Bonchev–Trinajstić information content (AvgIpc) is 2.77. The van der Waals surface area contributed by atoms with E-state index < -0.39 is 0 Å². The van der Waals surface area contributed by atoms with E-state index in [-0.39, 0.29) is 5.91 Å². The molecule has 0 unspecified atom stereocenters. The average molecular weight is 276 g/mol. The molecule has 110 valence electrons. The number of hydrogen-bond acceptors (Lipinski definition) is 4. The van der Waals surface area contributed by atoms with Crippen molar-refractivity contribution >= 4 is 11.7 Å². The van der Waals surface area contributed by atoms with Gasteiger partial charge in [-0.15, -0.1) is 0 Å². The number of hydrogen-bond donors (Lipinski definition) is 0. The highest BCUT2D eigenvalue weighted by Crippen LogP contribution is 2.15. The summed E-state index contributed by atoms with van der Waals surface area (Å²) in [5.74, 6) is 0.880. The molecule has 1 aromatic rings. The summed E-state index contributed by atoms with van der Waals surface area (Å²) in [7, 11) is 0. The predicted octanol–water partition coefficient (Wildman–Crippen LogP) is 2.34. The van der Waals surface area contributed by atoms with Crippen molar-refractivity contribution in [3.8, 4) is 0 Å². The molecule has 2 rings (SSSR count). The molecule has 1 aromatic heterocycles. The number of carbonyl (C=O) groups is 1. The zero-order valence-electron chi connectivity index (χ0n) is 12.5. The van der Waals surface area contributed by atoms with E-state index in [4.69, 9.17) is 0 Å². The maximum absolute atomic E-state index is 12.5. The maximum atomic E-state index is 12.5. The van der Waals surface area contributed by atoms with Crippen LogP contribution >= 0.6 is 0 Å². The van der Waals surface area contributed by atoms with Crippen molar-refractivity contribution in [2.75, 3.05) is 31.1 Å². The quantitative estimate of drug-likeness (QED) is 0.847. The van der Waals surface area contributed by atoms with E-state index in [1.54, 1.807) is 0 Å². The van der Waals surface area contributed by atoms with Gasteiger partial charge in [-0.2, -0.15) is 0 Å². The number of anilines is 1. The third kappa shape index (κ3) is 3.46. The Morgan fingerprint density at radius 2 is 1.80 bits per heavy atom. The fraction of sp³-hybridized carbons (Fsp3) is 0.667. The second-order valence-electron chi connectivity index (χ2n) is 5.14. The SMILES string of the molecule is CCN(CC)c1cc(C(=O)N2CCCCCC2)ncn1. The standard InChI is InChI=1S/C15H24N4O/c1-3-18(4-2)14-11-13(16-12-17-14)15(20)19-9-7-5-6-8-10-19/h11-12H,3-10H2,1-2H3. The van der Waals surface area contributed by atoms with Crippen LogP contribution in [0.5, 0.6) is 0 Å². The maximum Gasteiger partial charge on any atom is 0.272 e. The van der Waals surface area contributed by atoms with Gasteiger partial charge in [-0.05, 0) is 26.7 Å². The molecule has 5 nitrogen and oxygen atoms in total. The van der Waals surface area contributed by atoms with E-state index in [1.165, 1.54) is 19.2 Å². The molecular weight excluding hydrogens is 252 g/mol. The number of aromatic nitrogens is 2. The Hall–Kier alpha value is -1.65. The molecule has 0 saturated carbocycles. The van der Waals surface area contributed by atoms with Crippen molar-refractivity contribution in [1.82, 2.24) is 14.9 Å². The first kappa shape index (κ1) is 14.8. The highest BCUT2D eigenvalue weighted by molar-refractivity contribution is 5.92. The molecule has 0 aliphatic carbocycles. The van der Waals surface area contributed by atoms with Crippen molar-refractivity contribution in [3.63, 3.8) is 0 Å². The summed E-state index contributed by atoms with van der Waals surface area (Å²) >= 11 is 0. The highest BCUT2D eigenvalue weighted by atomic mass is 16.2. The van der Waals surface area contributed by atoms with Gasteiger partial charge in [-0.1, -0.05) is 12.8 Å². The van der Waals surface area contributed by atoms with E-state index >= 15 is 0 Å². The van der Waals surface area contributed by atoms with Crippen LogP contribution in [-0.2, 0) is 0 Å². The molecule has 0 N–H and O–H groups in total. The van der Waals surface area contributed by atoms with Crippen LogP contribution in [0.25, 0.3) is 0 Å². The van der Waals surface area contributed by atoms with Crippen LogP contribution in [-0.4, -0.2) is 47.0 Å². The lowest BCUT2D eigenvalue weighted by Gasteiger charge is -2.22. The van der Waals surface area contributed by atoms with Crippen LogP contribution in [0, 0.1) is 0 Å². The van der Waals surface area contributed by atoms with Gasteiger partial charge < -0.3 is 9.80 Å². The molecule has 1 aliphatic rings. The molecule has 0 aromatic carbocycles. The summed E-state index contributed by atoms with van der Waals surface area (Å²) < 4.78 is 0. The number of nitrogens with zero attached hydrogens (tertiary/aromatic N) is 4. The molecule has 0 radical (unpaired) electrons. The zero-order valence-corrected chi connectivity index (χ0v) is 12.5. The summed E-state index contributed by atoms with van der Waals surface area (Å²) in [6, 6.07) is 1.82. The van der Waals surface area contributed by atoms with Crippen LogP contribution in [0.1, 0.15) is 50.0 Å². The molecule has 1 amide bonds. The van der Waals surface area contributed by atoms with Gasteiger partial charge in [-0.3, -0.25) is 4.79 Å². The Labute approximate surface area is 121 Å². The lowest BCUT2D eigenvalue weighted by molar-refractivity contribution is 0.0755. The number of likely N-dealkylation sites (tertiary alicyclic amines) is 1. The van der Waals surface area contributed by atoms with Crippen molar-refractivity contribution in [2.24, 2.45) is 0 Å². The van der Waals surface area contributed by atoms with E-state index in [0.717, 1.165) is 44.8 Å². The van der Waals surface area contributed by atoms with Crippen molar-refractivity contribution in [3.05, 3.63) is 18.1 Å². The minimum Gasteiger partial charge on any atom is -0.357 e. The fourth-order valence-electron chi connectivity index (χ4n) is 2.62. The largest absolute Gasteiger partial charge is 0.357 e. The van der Waals surface area contributed by atoms with E-state index in [1.807, 2.05) is 11.0 Å². The molecule has 0 atom stereocenters. The van der Waals surface area contributed by atoms with Gasteiger partial charge in [-0.25, -0.2) is 9.97 Å². The number of amides is 1. The Morgan fingerprint density at radius 3 is 2.40 bits per heavy atom. The molecule has 0 spiro atoms. The van der Waals surface area contributed by atoms with Gasteiger partial charge in [0.1, 0.15) is 17.8 Å². The normalized spacial score (nSPS) is 15.8. The zero-order chi connectivity index (χ0) is 14.4. The first-order valence-electron chi connectivity index (χ1n) is 7.62. The summed E-state index contributed by atoms with van der Waals surface area (Å²) in [6.45, 7) is 7.63. The summed E-state index contributed by atoms with van der Waals surface area (Å²) in [5.41, 5.74) is 0.517. The smallest absolute Gasteiger partial charge is 0.272 e. The number of carbonyl (C=O) groups excluding carboxylic acids is 1. The van der Waals surface area contributed by atoms with Gasteiger partial charge >= 0.3 is 0 Å². The molecule has 1 fully saturated rings. The van der Waals surface area contributed by atoms with Gasteiger partial charge in [0.2, 0.25) is 0 Å². The van der Waals surface area contributed by atoms with Crippen LogP contribution in [0.2, 0.25) is 0 Å². The Bertz CT molecular complexity index is 437. The highest BCUT2D eigenvalue weighted by Gasteiger charge is 2.19. The van der Waals surface area contributed by atoms with Crippen LogP contribution < -0.4 is 4.90 Å². The second-order valence-corrected chi connectivity index (χ2v) is 5.14. The lowest BCUT2D eigenvalue weighted by atomic mass is 10.2. The van der Waals surface area contributed by atoms with Crippen LogP contribution in [0.3, 0.4) is 0 Å². The third-order valence-electron chi connectivity index (χ3n) is 3.85.